The summed E-state index contributed by atoms with van der Waals surface area (Å²) in [7, 11) is 1.37. The predicted octanol–water partition coefficient (Wildman–Crippen LogP) is 3.48. The van der Waals surface area contributed by atoms with Crippen molar-refractivity contribution in [3.63, 3.8) is 0 Å². The van der Waals surface area contributed by atoms with Crippen molar-refractivity contribution in [2.24, 2.45) is 10.8 Å². The number of carbonyl (C=O) groups excluding carboxylic acids is 2. The van der Waals surface area contributed by atoms with Gasteiger partial charge in [0.1, 0.15) is 0 Å². The van der Waals surface area contributed by atoms with Crippen molar-refractivity contribution in [2.45, 2.75) is 34.1 Å². The highest BCUT2D eigenvalue weighted by Gasteiger charge is 2.45. The third-order valence-corrected chi connectivity index (χ3v) is 4.09. The second kappa shape index (κ2) is 5.55. The number of ketones is 1. The Balaban J connectivity index is 2.91. The minimum absolute atomic E-state index is 0.0441. The fourth-order valence-electron chi connectivity index (χ4n) is 1.88. The zero-order valence-electron chi connectivity index (χ0n) is 12.3. The van der Waals surface area contributed by atoms with Gasteiger partial charge in [0.15, 0.2) is 5.78 Å². The first kappa shape index (κ1) is 15.4. The number of ether oxygens (including phenoxy) is 1. The third kappa shape index (κ3) is 3.22. The average molecular weight is 262 g/mol. The van der Waals surface area contributed by atoms with Gasteiger partial charge in [-0.3, -0.25) is 9.59 Å². The molecule has 0 bridgehead atoms. The normalized spacial score (nSPS) is 12.1. The molecule has 3 nitrogen and oxygen atoms in total. The molecule has 0 amide bonds. The van der Waals surface area contributed by atoms with Crippen LogP contribution < -0.4 is 0 Å². The number of esters is 1. The number of methoxy groups -OCH3 is 1. The Bertz CT molecular complexity index is 458. The van der Waals surface area contributed by atoms with E-state index in [1.165, 1.54) is 7.11 Å². The third-order valence-electron chi connectivity index (χ3n) is 4.09. The summed E-state index contributed by atoms with van der Waals surface area (Å²) in [4.78, 5) is 24.1. The van der Waals surface area contributed by atoms with Crippen molar-refractivity contribution in [1.82, 2.24) is 0 Å². The zero-order chi connectivity index (χ0) is 14.7. The molecule has 0 aliphatic heterocycles. The second-order valence-corrected chi connectivity index (χ2v) is 5.97. The van der Waals surface area contributed by atoms with Crippen LogP contribution in [0.25, 0.3) is 0 Å². The number of rotatable bonds is 5. The van der Waals surface area contributed by atoms with Gasteiger partial charge in [0.05, 0.1) is 12.5 Å². The Kier molecular flexibility index (Phi) is 4.51. The van der Waals surface area contributed by atoms with Crippen molar-refractivity contribution >= 4 is 11.8 Å². The summed E-state index contributed by atoms with van der Waals surface area (Å²) in [5, 5.41) is 0. The van der Waals surface area contributed by atoms with Crippen molar-refractivity contribution in [3.8, 4) is 0 Å². The van der Waals surface area contributed by atoms with E-state index in [1.54, 1.807) is 12.1 Å². The smallest absolute Gasteiger partial charge is 0.311 e. The summed E-state index contributed by atoms with van der Waals surface area (Å²) in [6, 6.07) is 9.14. The number of hydrogen-bond donors (Lipinski definition) is 0. The van der Waals surface area contributed by atoms with Crippen LogP contribution in [0, 0.1) is 10.8 Å². The summed E-state index contributed by atoms with van der Waals surface area (Å²) in [6.45, 7) is 7.48. The molecule has 0 radical (unpaired) electrons. The summed E-state index contributed by atoms with van der Waals surface area (Å²) >= 11 is 0. The van der Waals surface area contributed by atoms with Gasteiger partial charge in [-0.05, 0) is 19.3 Å². The molecule has 1 aromatic rings. The molecule has 0 aliphatic carbocycles. The number of Topliss-reactive ketones (excluding diaryl/α,β-unsaturated/α-hetero) is 1. The lowest BCUT2D eigenvalue weighted by Crippen LogP contribution is -2.41. The van der Waals surface area contributed by atoms with Crippen molar-refractivity contribution in [2.75, 3.05) is 7.11 Å². The second-order valence-electron chi connectivity index (χ2n) is 5.97. The molecular weight excluding hydrogens is 240 g/mol. The highest BCUT2D eigenvalue weighted by Crippen LogP contribution is 2.42. The quantitative estimate of drug-likeness (QED) is 0.602. The van der Waals surface area contributed by atoms with E-state index in [9.17, 15) is 9.59 Å². The monoisotopic (exact) mass is 262 g/mol. The Hall–Kier alpha value is -1.64. The van der Waals surface area contributed by atoms with Crippen LogP contribution in [-0.2, 0) is 9.53 Å². The molecule has 0 saturated heterocycles. The molecule has 1 aromatic carbocycles. The van der Waals surface area contributed by atoms with E-state index in [2.05, 4.69) is 0 Å². The molecule has 0 saturated carbocycles. The van der Waals surface area contributed by atoms with Gasteiger partial charge in [-0.1, -0.05) is 44.2 Å². The molecule has 3 heteroatoms. The van der Waals surface area contributed by atoms with Crippen LogP contribution in [-0.4, -0.2) is 18.9 Å². The van der Waals surface area contributed by atoms with Gasteiger partial charge in [-0.25, -0.2) is 0 Å². The molecule has 0 aromatic heterocycles. The van der Waals surface area contributed by atoms with Gasteiger partial charge in [-0.2, -0.15) is 0 Å². The van der Waals surface area contributed by atoms with E-state index in [1.807, 2.05) is 45.9 Å². The SMILES string of the molecule is COC(=O)C(C)(C)C(C)(C)CC(=O)c1ccccc1. The van der Waals surface area contributed by atoms with E-state index in [4.69, 9.17) is 4.74 Å². The molecule has 0 aliphatic rings. The Morgan fingerprint density at radius 3 is 2.05 bits per heavy atom. The molecule has 0 spiro atoms. The van der Waals surface area contributed by atoms with E-state index in [0.29, 0.717) is 12.0 Å². The van der Waals surface area contributed by atoms with Crippen molar-refractivity contribution in [1.29, 1.82) is 0 Å². The van der Waals surface area contributed by atoms with Gasteiger partial charge >= 0.3 is 5.97 Å². The fraction of sp³-hybridized carbons (Fsp3) is 0.500. The van der Waals surface area contributed by atoms with Crippen molar-refractivity contribution in [3.05, 3.63) is 35.9 Å². The standard InChI is InChI=1S/C16H22O3/c1-15(2,16(3,4)14(18)19-5)11-13(17)12-9-7-6-8-10-12/h6-10H,11H2,1-5H3. The van der Waals surface area contributed by atoms with Crippen LogP contribution in [0.1, 0.15) is 44.5 Å². The fourth-order valence-corrected chi connectivity index (χ4v) is 1.88. The topological polar surface area (TPSA) is 43.4 Å². The maximum absolute atomic E-state index is 12.3. The molecule has 19 heavy (non-hydrogen) atoms. The van der Waals surface area contributed by atoms with Gasteiger partial charge in [0, 0.05) is 12.0 Å². The van der Waals surface area contributed by atoms with E-state index in [0.717, 1.165) is 0 Å². The Labute approximate surface area is 115 Å². The van der Waals surface area contributed by atoms with Crippen LogP contribution in [0.5, 0.6) is 0 Å². The van der Waals surface area contributed by atoms with Gasteiger partial charge in [0.25, 0.3) is 0 Å². The molecule has 104 valence electrons. The lowest BCUT2D eigenvalue weighted by Gasteiger charge is -2.38. The minimum atomic E-state index is -0.716. The summed E-state index contributed by atoms with van der Waals surface area (Å²) in [5.41, 5.74) is -0.518. The van der Waals surface area contributed by atoms with Crippen molar-refractivity contribution < 1.29 is 14.3 Å². The maximum atomic E-state index is 12.3. The van der Waals surface area contributed by atoms with Crippen LogP contribution >= 0.6 is 0 Å². The van der Waals surface area contributed by atoms with Crippen LogP contribution in [0.2, 0.25) is 0 Å². The minimum Gasteiger partial charge on any atom is -0.469 e. The molecule has 0 atom stereocenters. The molecule has 1 rings (SSSR count). The molecule has 0 N–H and O–H groups in total. The molecular formula is C16H22O3. The van der Waals surface area contributed by atoms with Gasteiger partial charge in [0.2, 0.25) is 0 Å². The first-order chi connectivity index (χ1) is 8.72. The Morgan fingerprint density at radius 1 is 1.05 bits per heavy atom. The van der Waals surface area contributed by atoms with E-state index >= 15 is 0 Å². The summed E-state index contributed by atoms with van der Waals surface area (Å²) in [6.07, 6.45) is 0.305. The Morgan fingerprint density at radius 2 is 1.58 bits per heavy atom. The van der Waals surface area contributed by atoms with Crippen LogP contribution in [0.3, 0.4) is 0 Å². The van der Waals surface area contributed by atoms with Crippen LogP contribution in [0.15, 0.2) is 30.3 Å². The first-order valence-electron chi connectivity index (χ1n) is 6.39. The lowest BCUT2D eigenvalue weighted by atomic mass is 9.65. The van der Waals surface area contributed by atoms with Crippen LogP contribution in [0.4, 0.5) is 0 Å². The molecule has 0 heterocycles. The number of carbonyl (C=O) groups is 2. The lowest BCUT2D eigenvalue weighted by molar-refractivity contribution is -0.157. The van der Waals surface area contributed by atoms with E-state index < -0.39 is 10.8 Å². The summed E-state index contributed by atoms with van der Waals surface area (Å²) in [5.74, 6) is -0.249. The highest BCUT2D eigenvalue weighted by atomic mass is 16.5. The van der Waals surface area contributed by atoms with Gasteiger partial charge in [-0.15, -0.1) is 0 Å². The molecule has 0 unspecified atom stereocenters. The van der Waals surface area contributed by atoms with Gasteiger partial charge < -0.3 is 4.74 Å². The number of hydrogen-bond acceptors (Lipinski definition) is 3. The molecule has 0 fully saturated rings. The highest BCUT2D eigenvalue weighted by molar-refractivity contribution is 5.96. The predicted molar refractivity (Wildman–Crippen MR) is 75.0 cm³/mol. The van der Waals surface area contributed by atoms with E-state index in [-0.39, 0.29) is 11.8 Å². The number of benzene rings is 1. The zero-order valence-corrected chi connectivity index (χ0v) is 12.3. The first-order valence-corrected chi connectivity index (χ1v) is 6.39. The largest absolute Gasteiger partial charge is 0.469 e. The average Bonchev–Trinajstić information content (AvgIpc) is 2.37. The maximum Gasteiger partial charge on any atom is 0.311 e. The summed E-state index contributed by atoms with van der Waals surface area (Å²) < 4.78 is 4.84.